The minimum Gasteiger partial charge on any atom is -0.507 e. The lowest BCUT2D eigenvalue weighted by molar-refractivity contribution is 0.0952. The van der Waals surface area contributed by atoms with E-state index in [0.717, 1.165) is 3.77 Å². The SMILES string of the molecule is COc1ccc(C(=O)N/N=C\c2ccc(I)o2)c(O)c1. The summed E-state index contributed by atoms with van der Waals surface area (Å²) in [6.07, 6.45) is 1.38. The molecule has 0 radical (unpaired) electrons. The number of furan rings is 1. The summed E-state index contributed by atoms with van der Waals surface area (Å²) >= 11 is 2.03. The van der Waals surface area contributed by atoms with Gasteiger partial charge in [0, 0.05) is 6.07 Å². The standard InChI is InChI=1S/C13H11IN2O4/c1-19-8-2-4-10(11(17)6-8)13(18)16-15-7-9-3-5-12(14)20-9/h2-7,17H,1H3,(H,16,18)/b15-7-. The van der Waals surface area contributed by atoms with Gasteiger partial charge in [-0.15, -0.1) is 0 Å². The van der Waals surface area contributed by atoms with Gasteiger partial charge >= 0.3 is 0 Å². The molecule has 1 heterocycles. The largest absolute Gasteiger partial charge is 0.507 e. The third kappa shape index (κ3) is 3.50. The summed E-state index contributed by atoms with van der Waals surface area (Å²) in [5, 5.41) is 13.5. The lowest BCUT2D eigenvalue weighted by Crippen LogP contribution is -2.17. The Hall–Kier alpha value is -2.03. The second-order valence-electron chi connectivity index (χ2n) is 3.72. The zero-order chi connectivity index (χ0) is 14.5. The van der Waals surface area contributed by atoms with Gasteiger partial charge in [0.25, 0.3) is 5.91 Å². The van der Waals surface area contributed by atoms with Crippen LogP contribution in [0, 0.1) is 3.77 Å². The van der Waals surface area contributed by atoms with Crippen LogP contribution in [-0.4, -0.2) is 24.3 Å². The van der Waals surface area contributed by atoms with Crippen molar-refractivity contribution in [3.05, 3.63) is 45.4 Å². The molecule has 0 aliphatic carbocycles. The third-order valence-corrected chi connectivity index (χ3v) is 2.98. The predicted octanol–water partition coefficient (Wildman–Crippen LogP) is 2.36. The Kier molecular flexibility index (Phi) is 4.61. The molecule has 0 spiro atoms. The summed E-state index contributed by atoms with van der Waals surface area (Å²) < 4.78 is 10.9. The number of hydrogen-bond acceptors (Lipinski definition) is 5. The first-order valence-electron chi connectivity index (χ1n) is 5.56. The van der Waals surface area contributed by atoms with Gasteiger partial charge in [0.1, 0.15) is 17.3 Å². The van der Waals surface area contributed by atoms with E-state index in [1.807, 2.05) is 22.6 Å². The molecule has 2 N–H and O–H groups in total. The second-order valence-corrected chi connectivity index (χ2v) is 4.79. The molecule has 0 saturated heterocycles. The van der Waals surface area contributed by atoms with E-state index in [9.17, 15) is 9.90 Å². The molecule has 0 atom stereocenters. The van der Waals surface area contributed by atoms with E-state index in [-0.39, 0.29) is 11.3 Å². The Morgan fingerprint density at radius 2 is 2.25 bits per heavy atom. The fraction of sp³-hybridized carbons (Fsp3) is 0.0769. The van der Waals surface area contributed by atoms with Crippen LogP contribution in [0.15, 0.2) is 39.9 Å². The molecule has 0 saturated carbocycles. The number of hydrazone groups is 1. The van der Waals surface area contributed by atoms with Crippen molar-refractivity contribution in [2.75, 3.05) is 7.11 Å². The zero-order valence-corrected chi connectivity index (χ0v) is 12.6. The number of methoxy groups -OCH3 is 1. The number of nitrogens with one attached hydrogen (secondary N) is 1. The molecule has 1 aromatic carbocycles. The molecule has 2 aromatic rings. The molecular formula is C13H11IN2O4. The van der Waals surface area contributed by atoms with E-state index < -0.39 is 5.91 Å². The van der Waals surface area contributed by atoms with Crippen LogP contribution in [0.25, 0.3) is 0 Å². The normalized spacial score (nSPS) is 10.7. The number of hydrogen-bond donors (Lipinski definition) is 2. The van der Waals surface area contributed by atoms with Crippen molar-refractivity contribution in [1.29, 1.82) is 0 Å². The number of carbonyl (C=O) groups is 1. The smallest absolute Gasteiger partial charge is 0.275 e. The highest BCUT2D eigenvalue weighted by Gasteiger charge is 2.11. The third-order valence-electron chi connectivity index (χ3n) is 2.40. The Morgan fingerprint density at radius 1 is 1.45 bits per heavy atom. The molecule has 7 heteroatoms. The quantitative estimate of drug-likeness (QED) is 0.480. The molecule has 2 rings (SSSR count). The van der Waals surface area contributed by atoms with Crippen LogP contribution in [0.1, 0.15) is 16.1 Å². The predicted molar refractivity (Wildman–Crippen MR) is 81.1 cm³/mol. The number of ether oxygens (including phenoxy) is 1. The van der Waals surface area contributed by atoms with Crippen molar-refractivity contribution in [1.82, 2.24) is 5.43 Å². The highest BCUT2D eigenvalue weighted by atomic mass is 127. The van der Waals surface area contributed by atoms with Crippen molar-refractivity contribution >= 4 is 34.7 Å². The Balaban J connectivity index is 2.03. The van der Waals surface area contributed by atoms with Crippen LogP contribution in [0.2, 0.25) is 0 Å². The van der Waals surface area contributed by atoms with Gasteiger partial charge < -0.3 is 14.3 Å². The highest BCUT2D eigenvalue weighted by molar-refractivity contribution is 14.1. The Labute approximate surface area is 128 Å². The molecule has 0 bridgehead atoms. The number of rotatable bonds is 4. The molecule has 0 aliphatic rings. The van der Waals surface area contributed by atoms with Crippen molar-refractivity contribution < 1.29 is 19.1 Å². The van der Waals surface area contributed by atoms with Crippen LogP contribution < -0.4 is 10.2 Å². The molecular weight excluding hydrogens is 375 g/mol. The summed E-state index contributed by atoms with van der Waals surface area (Å²) in [7, 11) is 1.48. The first-order chi connectivity index (χ1) is 9.60. The Morgan fingerprint density at radius 3 is 2.85 bits per heavy atom. The van der Waals surface area contributed by atoms with Gasteiger partial charge in [0.15, 0.2) is 3.77 Å². The lowest BCUT2D eigenvalue weighted by Gasteiger charge is -2.05. The first kappa shape index (κ1) is 14.4. The summed E-state index contributed by atoms with van der Waals surface area (Å²) in [6.45, 7) is 0. The van der Waals surface area contributed by atoms with Crippen molar-refractivity contribution in [2.24, 2.45) is 5.10 Å². The molecule has 104 valence electrons. The molecule has 0 unspecified atom stereocenters. The van der Waals surface area contributed by atoms with Crippen LogP contribution in [0.5, 0.6) is 11.5 Å². The summed E-state index contributed by atoms with van der Waals surface area (Å²) in [4.78, 5) is 11.8. The maximum atomic E-state index is 11.8. The van der Waals surface area contributed by atoms with Crippen molar-refractivity contribution in [3.8, 4) is 11.5 Å². The number of aromatic hydroxyl groups is 1. The van der Waals surface area contributed by atoms with Crippen LogP contribution in [0.3, 0.4) is 0 Å². The maximum absolute atomic E-state index is 11.8. The van der Waals surface area contributed by atoms with Gasteiger partial charge in [0.05, 0.1) is 18.9 Å². The van der Waals surface area contributed by atoms with Gasteiger partial charge in [-0.1, -0.05) is 0 Å². The van der Waals surface area contributed by atoms with E-state index in [1.54, 1.807) is 18.2 Å². The number of carbonyl (C=O) groups excluding carboxylic acids is 1. The van der Waals surface area contributed by atoms with E-state index in [0.29, 0.717) is 11.5 Å². The first-order valence-corrected chi connectivity index (χ1v) is 6.64. The molecule has 0 aliphatic heterocycles. The fourth-order valence-corrected chi connectivity index (χ4v) is 1.88. The Bertz CT molecular complexity index is 652. The molecule has 0 fully saturated rings. The minimum atomic E-state index is -0.525. The summed E-state index contributed by atoms with van der Waals surface area (Å²) in [5.41, 5.74) is 2.41. The second kappa shape index (κ2) is 6.42. The maximum Gasteiger partial charge on any atom is 0.275 e. The van der Waals surface area contributed by atoms with Crippen LogP contribution in [0.4, 0.5) is 0 Å². The van der Waals surface area contributed by atoms with Gasteiger partial charge in [-0.05, 0) is 46.9 Å². The monoisotopic (exact) mass is 386 g/mol. The fourth-order valence-electron chi connectivity index (χ4n) is 1.44. The minimum absolute atomic E-state index is 0.108. The number of phenolic OH excluding ortho intramolecular Hbond substituents is 1. The number of nitrogens with zero attached hydrogens (tertiary/aromatic N) is 1. The van der Waals surface area contributed by atoms with Crippen molar-refractivity contribution in [3.63, 3.8) is 0 Å². The van der Waals surface area contributed by atoms with Crippen molar-refractivity contribution in [2.45, 2.75) is 0 Å². The van der Waals surface area contributed by atoms with E-state index >= 15 is 0 Å². The van der Waals surface area contributed by atoms with Gasteiger partial charge in [0.2, 0.25) is 0 Å². The molecule has 20 heavy (non-hydrogen) atoms. The number of amides is 1. The topological polar surface area (TPSA) is 84.1 Å². The number of halogens is 1. The zero-order valence-electron chi connectivity index (χ0n) is 10.5. The highest BCUT2D eigenvalue weighted by Crippen LogP contribution is 2.23. The van der Waals surface area contributed by atoms with Gasteiger partial charge in [-0.25, -0.2) is 5.43 Å². The molecule has 6 nitrogen and oxygen atoms in total. The van der Waals surface area contributed by atoms with E-state index in [4.69, 9.17) is 9.15 Å². The summed E-state index contributed by atoms with van der Waals surface area (Å²) in [5.74, 6) is 0.286. The van der Waals surface area contributed by atoms with Crippen LogP contribution in [-0.2, 0) is 0 Å². The number of benzene rings is 1. The average molecular weight is 386 g/mol. The average Bonchev–Trinajstić information content (AvgIpc) is 2.84. The van der Waals surface area contributed by atoms with Gasteiger partial charge in [-0.3, -0.25) is 4.79 Å². The van der Waals surface area contributed by atoms with Crippen LogP contribution >= 0.6 is 22.6 Å². The van der Waals surface area contributed by atoms with E-state index in [1.165, 1.54) is 25.5 Å². The molecule has 1 amide bonds. The number of phenols is 1. The lowest BCUT2D eigenvalue weighted by atomic mass is 10.2. The van der Waals surface area contributed by atoms with Gasteiger partial charge in [-0.2, -0.15) is 5.10 Å². The molecule has 1 aromatic heterocycles. The van der Waals surface area contributed by atoms with E-state index in [2.05, 4.69) is 10.5 Å². The summed E-state index contributed by atoms with van der Waals surface area (Å²) in [6, 6.07) is 7.89.